The van der Waals surface area contributed by atoms with E-state index in [0.29, 0.717) is 0 Å². The van der Waals surface area contributed by atoms with Gasteiger partial charge in [-0.15, -0.1) is 0 Å². The maximum atomic E-state index is 5.76. The molecule has 0 aromatic carbocycles. The number of piperidine rings is 1. The Balaban J connectivity index is 1.51. The van der Waals surface area contributed by atoms with E-state index in [4.69, 9.17) is 4.74 Å². The van der Waals surface area contributed by atoms with Crippen LogP contribution >= 0.6 is 0 Å². The molecule has 1 aliphatic carbocycles. The van der Waals surface area contributed by atoms with E-state index in [9.17, 15) is 0 Å². The van der Waals surface area contributed by atoms with Crippen LogP contribution < -0.4 is 5.32 Å². The van der Waals surface area contributed by atoms with Crippen molar-refractivity contribution in [3.8, 4) is 0 Å². The Labute approximate surface area is 107 Å². The normalized spacial score (nSPS) is 31.4. The van der Waals surface area contributed by atoms with E-state index < -0.39 is 0 Å². The van der Waals surface area contributed by atoms with E-state index in [1.165, 1.54) is 45.2 Å². The Hall–Kier alpha value is -0.0800. The second-order valence-corrected chi connectivity index (χ2v) is 6.12. The monoisotopic (exact) mass is 239 g/mol. The van der Waals surface area contributed by atoms with Crippen LogP contribution in [0.4, 0.5) is 0 Å². The highest BCUT2D eigenvalue weighted by Crippen LogP contribution is 2.49. The van der Waals surface area contributed by atoms with Gasteiger partial charge in [-0.3, -0.25) is 0 Å². The van der Waals surface area contributed by atoms with E-state index in [2.05, 4.69) is 19.2 Å². The smallest absolute Gasteiger partial charge is 0.0491 e. The molecule has 2 aliphatic rings. The lowest BCUT2D eigenvalue weighted by molar-refractivity contribution is 0.0968. The highest BCUT2D eigenvalue weighted by molar-refractivity contribution is 4.92. The first-order valence-electron chi connectivity index (χ1n) is 7.59. The summed E-state index contributed by atoms with van der Waals surface area (Å²) in [6.45, 7) is 8.96. The molecule has 0 bridgehead atoms. The lowest BCUT2D eigenvalue weighted by Crippen LogP contribution is -2.29. The number of rotatable bonds is 7. The van der Waals surface area contributed by atoms with Crippen LogP contribution in [0.15, 0.2) is 0 Å². The first kappa shape index (κ1) is 13.4. The highest BCUT2D eigenvalue weighted by Gasteiger charge is 2.42. The van der Waals surface area contributed by atoms with Crippen LogP contribution in [0.25, 0.3) is 0 Å². The van der Waals surface area contributed by atoms with Crippen LogP contribution in [0.1, 0.15) is 46.0 Å². The lowest BCUT2D eigenvalue weighted by atomic mass is 9.91. The summed E-state index contributed by atoms with van der Waals surface area (Å²) in [7, 11) is 0. The first-order chi connectivity index (χ1) is 8.31. The Morgan fingerprint density at radius 1 is 1.29 bits per heavy atom. The van der Waals surface area contributed by atoms with Gasteiger partial charge in [-0.05, 0) is 62.4 Å². The minimum atomic E-state index is 0.731. The van der Waals surface area contributed by atoms with Crippen LogP contribution in [0, 0.1) is 23.7 Å². The Morgan fingerprint density at radius 3 is 2.76 bits per heavy atom. The molecule has 1 saturated carbocycles. The summed E-state index contributed by atoms with van der Waals surface area (Å²) in [6, 6.07) is 0. The molecule has 0 spiro atoms. The molecule has 100 valence electrons. The van der Waals surface area contributed by atoms with E-state index in [1.807, 2.05) is 0 Å². The van der Waals surface area contributed by atoms with Crippen molar-refractivity contribution in [2.45, 2.75) is 46.0 Å². The maximum absolute atomic E-state index is 5.76. The van der Waals surface area contributed by atoms with Crippen LogP contribution in [0.3, 0.4) is 0 Å². The summed E-state index contributed by atoms with van der Waals surface area (Å²) < 4.78 is 5.76. The molecule has 1 saturated heterocycles. The fourth-order valence-corrected chi connectivity index (χ4v) is 3.09. The molecule has 0 aromatic rings. The zero-order valence-electron chi connectivity index (χ0n) is 11.6. The standard InChI is InChI=1S/C15H29NO/c1-3-12(2)11-17-9-6-14-10-15(14)13-4-7-16-8-5-13/h12-16H,3-11H2,1-2H3. The van der Waals surface area contributed by atoms with Crippen molar-refractivity contribution in [3.05, 3.63) is 0 Å². The van der Waals surface area contributed by atoms with Crippen molar-refractivity contribution >= 4 is 0 Å². The average molecular weight is 239 g/mol. The van der Waals surface area contributed by atoms with E-state index in [0.717, 1.165) is 36.9 Å². The van der Waals surface area contributed by atoms with Crippen molar-refractivity contribution in [3.63, 3.8) is 0 Å². The Morgan fingerprint density at radius 2 is 2.06 bits per heavy atom. The van der Waals surface area contributed by atoms with Crippen molar-refractivity contribution in [2.24, 2.45) is 23.7 Å². The third kappa shape index (κ3) is 4.26. The van der Waals surface area contributed by atoms with Gasteiger partial charge in [0.05, 0.1) is 0 Å². The van der Waals surface area contributed by atoms with Crippen molar-refractivity contribution in [1.29, 1.82) is 0 Å². The molecule has 1 heterocycles. The van der Waals surface area contributed by atoms with E-state index in [-0.39, 0.29) is 0 Å². The fraction of sp³-hybridized carbons (Fsp3) is 1.00. The molecule has 1 N–H and O–H groups in total. The molecule has 2 nitrogen and oxygen atoms in total. The molecule has 2 heteroatoms. The quantitative estimate of drug-likeness (QED) is 0.689. The molecular formula is C15H29NO. The molecule has 0 radical (unpaired) electrons. The lowest BCUT2D eigenvalue weighted by Gasteiger charge is -2.22. The number of hydrogen-bond donors (Lipinski definition) is 1. The summed E-state index contributed by atoms with van der Waals surface area (Å²) in [5.74, 6) is 3.80. The zero-order valence-corrected chi connectivity index (χ0v) is 11.6. The predicted octanol–water partition coefficient (Wildman–Crippen LogP) is 3.07. The number of ether oxygens (including phenoxy) is 1. The molecule has 17 heavy (non-hydrogen) atoms. The number of nitrogens with one attached hydrogen (secondary N) is 1. The SMILES string of the molecule is CCC(C)COCCC1CC1C1CCNCC1. The summed E-state index contributed by atoms with van der Waals surface area (Å²) in [5.41, 5.74) is 0. The topological polar surface area (TPSA) is 21.3 Å². The second-order valence-electron chi connectivity index (χ2n) is 6.12. The van der Waals surface area contributed by atoms with Crippen molar-refractivity contribution in [2.75, 3.05) is 26.3 Å². The second kappa shape index (κ2) is 6.75. The molecule has 3 unspecified atom stereocenters. The van der Waals surface area contributed by atoms with Gasteiger partial charge >= 0.3 is 0 Å². The molecule has 0 amide bonds. The van der Waals surface area contributed by atoms with Gasteiger partial charge in [0, 0.05) is 13.2 Å². The van der Waals surface area contributed by atoms with Crippen LogP contribution in [-0.4, -0.2) is 26.3 Å². The minimum absolute atomic E-state index is 0.731. The number of hydrogen-bond acceptors (Lipinski definition) is 2. The Kier molecular flexibility index (Phi) is 5.30. The molecule has 0 aromatic heterocycles. The van der Waals surface area contributed by atoms with Gasteiger partial charge in [0.15, 0.2) is 0 Å². The zero-order chi connectivity index (χ0) is 12.1. The van der Waals surface area contributed by atoms with Crippen molar-refractivity contribution in [1.82, 2.24) is 5.32 Å². The molecule has 2 rings (SSSR count). The third-order valence-corrected chi connectivity index (χ3v) is 4.70. The van der Waals surface area contributed by atoms with Crippen molar-refractivity contribution < 1.29 is 4.74 Å². The maximum Gasteiger partial charge on any atom is 0.0491 e. The fourth-order valence-electron chi connectivity index (χ4n) is 3.09. The van der Waals surface area contributed by atoms with E-state index >= 15 is 0 Å². The summed E-state index contributed by atoms with van der Waals surface area (Å²) >= 11 is 0. The van der Waals surface area contributed by atoms with Gasteiger partial charge in [-0.25, -0.2) is 0 Å². The average Bonchev–Trinajstić information content (AvgIpc) is 3.15. The predicted molar refractivity (Wildman–Crippen MR) is 72.1 cm³/mol. The first-order valence-corrected chi connectivity index (χ1v) is 7.59. The van der Waals surface area contributed by atoms with Gasteiger partial charge in [-0.1, -0.05) is 20.3 Å². The summed E-state index contributed by atoms with van der Waals surface area (Å²) in [5, 5.41) is 3.46. The van der Waals surface area contributed by atoms with Gasteiger partial charge in [-0.2, -0.15) is 0 Å². The van der Waals surface area contributed by atoms with Gasteiger partial charge < -0.3 is 10.1 Å². The van der Waals surface area contributed by atoms with Gasteiger partial charge in [0.1, 0.15) is 0 Å². The van der Waals surface area contributed by atoms with Crippen LogP contribution in [-0.2, 0) is 4.74 Å². The molecule has 1 aliphatic heterocycles. The van der Waals surface area contributed by atoms with Gasteiger partial charge in [0.2, 0.25) is 0 Å². The summed E-state index contributed by atoms with van der Waals surface area (Å²) in [4.78, 5) is 0. The van der Waals surface area contributed by atoms with Crippen LogP contribution in [0.2, 0.25) is 0 Å². The molecular weight excluding hydrogens is 210 g/mol. The van der Waals surface area contributed by atoms with Crippen LogP contribution in [0.5, 0.6) is 0 Å². The highest BCUT2D eigenvalue weighted by atomic mass is 16.5. The largest absolute Gasteiger partial charge is 0.381 e. The third-order valence-electron chi connectivity index (χ3n) is 4.70. The van der Waals surface area contributed by atoms with E-state index in [1.54, 1.807) is 0 Å². The summed E-state index contributed by atoms with van der Waals surface area (Å²) in [6.07, 6.45) is 6.85. The molecule has 3 atom stereocenters. The van der Waals surface area contributed by atoms with Gasteiger partial charge in [0.25, 0.3) is 0 Å². The Bertz CT molecular complexity index is 213. The minimum Gasteiger partial charge on any atom is -0.381 e. The molecule has 2 fully saturated rings.